The van der Waals surface area contributed by atoms with E-state index >= 15 is 0 Å². The first-order chi connectivity index (χ1) is 12.3. The normalized spacial score (nSPS) is 22.9. The van der Waals surface area contributed by atoms with Crippen molar-refractivity contribution in [1.29, 1.82) is 0 Å². The number of aromatic nitrogens is 1. The highest BCUT2D eigenvalue weighted by atomic mass is 35.5. The first-order valence-electron chi connectivity index (χ1n) is 9.23. The van der Waals surface area contributed by atoms with E-state index in [9.17, 15) is 4.79 Å². The zero-order valence-corrected chi connectivity index (χ0v) is 17.9. The summed E-state index contributed by atoms with van der Waals surface area (Å²) in [6.45, 7) is 1.74. The summed E-state index contributed by atoms with van der Waals surface area (Å²) >= 11 is 1.75. The molecule has 27 heavy (non-hydrogen) atoms. The molecule has 2 atom stereocenters. The summed E-state index contributed by atoms with van der Waals surface area (Å²) in [5, 5.41) is 4.45. The van der Waals surface area contributed by atoms with E-state index in [0.717, 1.165) is 49.3 Å². The van der Waals surface area contributed by atoms with Gasteiger partial charge in [-0.3, -0.25) is 4.79 Å². The minimum Gasteiger partial charge on any atom is -0.342 e. The lowest BCUT2D eigenvalue weighted by atomic mass is 9.82. The van der Waals surface area contributed by atoms with Crippen molar-refractivity contribution in [3.8, 4) is 0 Å². The lowest BCUT2D eigenvalue weighted by molar-refractivity contribution is -0.137. The Morgan fingerprint density at radius 3 is 2.56 bits per heavy atom. The van der Waals surface area contributed by atoms with Crippen molar-refractivity contribution in [2.45, 2.75) is 37.6 Å². The predicted octanol–water partition coefficient (Wildman–Crippen LogP) is 4.40. The fourth-order valence-electron chi connectivity index (χ4n) is 4.03. The highest BCUT2D eigenvalue weighted by Crippen LogP contribution is 2.39. The average molecular weight is 428 g/mol. The number of benzene rings is 1. The second-order valence-corrected chi connectivity index (χ2v) is 8.13. The number of hydrogen-bond acceptors (Lipinski definition) is 4. The van der Waals surface area contributed by atoms with Crippen molar-refractivity contribution in [2.75, 3.05) is 20.1 Å². The molecule has 0 bridgehead atoms. The molecule has 2 unspecified atom stereocenters. The smallest absolute Gasteiger partial charge is 0.226 e. The lowest BCUT2D eigenvalue weighted by Gasteiger charge is -2.36. The molecule has 1 aromatic carbocycles. The third-order valence-electron chi connectivity index (χ3n) is 5.59. The van der Waals surface area contributed by atoms with Crippen LogP contribution < -0.4 is 5.32 Å². The van der Waals surface area contributed by atoms with Gasteiger partial charge in [-0.15, -0.1) is 36.2 Å². The molecular formula is C20H27Cl2N3OS. The van der Waals surface area contributed by atoms with Gasteiger partial charge >= 0.3 is 0 Å². The van der Waals surface area contributed by atoms with Gasteiger partial charge in [-0.2, -0.15) is 0 Å². The van der Waals surface area contributed by atoms with Crippen LogP contribution in [0.1, 0.15) is 36.6 Å². The second kappa shape index (κ2) is 9.87. The number of carbonyl (C=O) groups excluding carboxylic acids is 1. The molecule has 0 saturated carbocycles. The van der Waals surface area contributed by atoms with E-state index in [0.29, 0.717) is 11.9 Å². The number of nitrogens with zero attached hydrogens (tertiary/aromatic N) is 2. The summed E-state index contributed by atoms with van der Waals surface area (Å²) in [4.78, 5) is 20.1. The Labute approximate surface area is 177 Å². The van der Waals surface area contributed by atoms with E-state index in [1.54, 1.807) is 11.3 Å². The number of nitrogens with one attached hydrogen (secondary N) is 1. The number of rotatable bonds is 3. The summed E-state index contributed by atoms with van der Waals surface area (Å²) in [6, 6.07) is 8.82. The maximum Gasteiger partial charge on any atom is 0.226 e. The summed E-state index contributed by atoms with van der Waals surface area (Å²) in [7, 11) is 2.01. The molecule has 0 spiro atoms. The van der Waals surface area contributed by atoms with Gasteiger partial charge in [-0.25, -0.2) is 4.98 Å². The van der Waals surface area contributed by atoms with Crippen molar-refractivity contribution in [3.05, 3.63) is 41.4 Å². The molecule has 7 heteroatoms. The highest BCUT2D eigenvalue weighted by molar-refractivity contribution is 7.18. The van der Waals surface area contributed by atoms with E-state index < -0.39 is 0 Å². The van der Waals surface area contributed by atoms with Crippen LogP contribution in [-0.2, 0) is 4.79 Å². The van der Waals surface area contributed by atoms with Crippen LogP contribution in [0.3, 0.4) is 0 Å². The van der Waals surface area contributed by atoms with E-state index in [1.807, 2.05) is 13.1 Å². The molecule has 148 valence electrons. The summed E-state index contributed by atoms with van der Waals surface area (Å²) in [5.41, 5.74) is 1.05. The number of halogens is 2. The van der Waals surface area contributed by atoms with E-state index in [4.69, 9.17) is 4.98 Å². The molecule has 1 aliphatic heterocycles. The van der Waals surface area contributed by atoms with Gasteiger partial charge in [0.2, 0.25) is 5.91 Å². The molecule has 4 nitrogen and oxygen atoms in total. The van der Waals surface area contributed by atoms with Crippen LogP contribution in [0, 0.1) is 5.92 Å². The van der Waals surface area contributed by atoms with Crippen LogP contribution in [0.2, 0.25) is 0 Å². The van der Waals surface area contributed by atoms with Crippen molar-refractivity contribution in [3.63, 3.8) is 0 Å². The molecule has 1 saturated heterocycles. The molecule has 1 N–H and O–H groups in total. The number of carbonyl (C=O) groups is 1. The summed E-state index contributed by atoms with van der Waals surface area (Å²) in [5.74, 6) is 0.580. The molecule has 0 radical (unpaired) electrons. The first-order valence-corrected chi connectivity index (χ1v) is 10.0. The maximum atomic E-state index is 13.2. The molecule has 2 heterocycles. The van der Waals surface area contributed by atoms with Crippen molar-refractivity contribution < 1.29 is 4.79 Å². The summed E-state index contributed by atoms with van der Waals surface area (Å²) in [6.07, 6.45) is 8.25. The number of allylic oxidation sites excluding steroid dienone is 2. The summed E-state index contributed by atoms with van der Waals surface area (Å²) < 4.78 is 1.22. The van der Waals surface area contributed by atoms with E-state index in [-0.39, 0.29) is 36.6 Å². The number of fused-ring (bicyclic) bond motifs is 1. The number of amides is 1. The second-order valence-electron chi connectivity index (χ2n) is 7.06. The van der Waals surface area contributed by atoms with Crippen LogP contribution in [0.4, 0.5) is 0 Å². The number of likely N-dealkylation sites (tertiary alicyclic amines) is 1. The first kappa shape index (κ1) is 22.2. The fraction of sp³-hybridized carbons (Fsp3) is 0.500. The number of piperidine rings is 1. The third kappa shape index (κ3) is 4.65. The van der Waals surface area contributed by atoms with Crippen LogP contribution in [0.5, 0.6) is 0 Å². The van der Waals surface area contributed by atoms with Gasteiger partial charge < -0.3 is 10.2 Å². The maximum absolute atomic E-state index is 13.2. The standard InChI is InChI=1S/C20H25N3OS.2ClH/c1-21-14-10-12-23(13-11-14)20(24)16-7-3-2-6-15(16)19-22-17-8-4-5-9-18(17)25-19;;/h2-5,8-9,14-16,21H,6-7,10-13H2,1H3;2*1H. The largest absolute Gasteiger partial charge is 0.342 e. The molecule has 1 fully saturated rings. The van der Waals surface area contributed by atoms with Gasteiger partial charge in [-0.05, 0) is 44.9 Å². The molecule has 4 rings (SSSR count). The van der Waals surface area contributed by atoms with Crippen LogP contribution in [0.25, 0.3) is 10.2 Å². The predicted molar refractivity (Wildman–Crippen MR) is 117 cm³/mol. The fourth-order valence-corrected chi connectivity index (χ4v) is 5.18. The van der Waals surface area contributed by atoms with Gasteiger partial charge in [0.15, 0.2) is 0 Å². The molecule has 1 amide bonds. The Morgan fingerprint density at radius 1 is 1.15 bits per heavy atom. The van der Waals surface area contributed by atoms with Crippen molar-refractivity contribution in [1.82, 2.24) is 15.2 Å². The Morgan fingerprint density at radius 2 is 1.85 bits per heavy atom. The molecule has 1 aromatic heterocycles. The van der Waals surface area contributed by atoms with Gasteiger partial charge in [0.1, 0.15) is 0 Å². The van der Waals surface area contributed by atoms with Gasteiger partial charge in [0.05, 0.1) is 21.1 Å². The average Bonchev–Trinajstić information content (AvgIpc) is 3.11. The van der Waals surface area contributed by atoms with Crippen molar-refractivity contribution >= 4 is 52.3 Å². The van der Waals surface area contributed by atoms with E-state index in [2.05, 4.69) is 40.6 Å². The topological polar surface area (TPSA) is 45.2 Å². The third-order valence-corrected chi connectivity index (χ3v) is 6.76. The zero-order chi connectivity index (χ0) is 17.2. The number of hydrogen-bond donors (Lipinski definition) is 1. The van der Waals surface area contributed by atoms with Crippen LogP contribution in [-0.4, -0.2) is 42.0 Å². The molecule has 1 aliphatic carbocycles. The van der Waals surface area contributed by atoms with Crippen molar-refractivity contribution in [2.24, 2.45) is 5.92 Å². The Balaban J connectivity index is 0.00000131. The van der Waals surface area contributed by atoms with Crippen LogP contribution >= 0.6 is 36.2 Å². The Bertz CT molecular complexity index is 753. The minimum absolute atomic E-state index is 0. The molecular weight excluding hydrogens is 401 g/mol. The molecule has 2 aliphatic rings. The lowest BCUT2D eigenvalue weighted by Crippen LogP contribution is -2.47. The van der Waals surface area contributed by atoms with E-state index in [1.165, 1.54) is 4.70 Å². The molecule has 2 aromatic rings. The highest BCUT2D eigenvalue weighted by Gasteiger charge is 2.35. The van der Waals surface area contributed by atoms with Gasteiger partial charge in [0, 0.05) is 25.0 Å². The SMILES string of the molecule is CNC1CCN(C(=O)C2CC=CCC2c2nc3ccccc3s2)CC1.Cl.Cl. The number of para-hydroxylation sites is 1. The van der Waals surface area contributed by atoms with Crippen LogP contribution in [0.15, 0.2) is 36.4 Å². The van der Waals surface area contributed by atoms with Gasteiger partial charge in [0.25, 0.3) is 0 Å². The number of thiazole rings is 1. The monoisotopic (exact) mass is 427 g/mol. The van der Waals surface area contributed by atoms with Gasteiger partial charge in [-0.1, -0.05) is 24.3 Å². The Kier molecular flexibility index (Phi) is 8.10. The Hall–Kier alpha value is -1.14. The minimum atomic E-state index is 0. The zero-order valence-electron chi connectivity index (χ0n) is 15.5. The quantitative estimate of drug-likeness (QED) is 0.738.